The van der Waals surface area contributed by atoms with Crippen LogP contribution in [0, 0.1) is 0 Å². The minimum absolute atomic E-state index is 0.168. The minimum Gasteiger partial charge on any atom is -0.454 e. The fourth-order valence-electron chi connectivity index (χ4n) is 2.67. The predicted octanol–water partition coefficient (Wildman–Crippen LogP) is 4.22. The number of nitrogens with one attached hydrogen (secondary N) is 2. The molecule has 0 spiro atoms. The summed E-state index contributed by atoms with van der Waals surface area (Å²) in [5, 5.41) is 6.64. The van der Waals surface area contributed by atoms with Crippen molar-refractivity contribution in [1.82, 2.24) is 15.0 Å². The topological polar surface area (TPSA) is 81.2 Å². The normalized spacial score (nSPS) is 12.7. The van der Waals surface area contributed by atoms with E-state index in [9.17, 15) is 0 Å². The van der Waals surface area contributed by atoms with Gasteiger partial charge in [0.25, 0.3) is 0 Å². The first kappa shape index (κ1) is 17.1. The van der Waals surface area contributed by atoms with Gasteiger partial charge in [-0.2, -0.15) is 4.98 Å². The van der Waals surface area contributed by atoms with E-state index in [1.165, 1.54) is 0 Å². The summed E-state index contributed by atoms with van der Waals surface area (Å²) in [6.07, 6.45) is 1.75. The Morgan fingerprint density at radius 3 is 2.56 bits per heavy atom. The van der Waals surface area contributed by atoms with Gasteiger partial charge < -0.3 is 20.1 Å². The molecule has 1 aliphatic rings. The maximum atomic E-state index is 5.44. The Hall–Kier alpha value is -3.35. The number of anilines is 3. The summed E-state index contributed by atoms with van der Waals surface area (Å²) in [6, 6.07) is 13.3. The molecule has 138 valence electrons. The molecule has 0 aliphatic carbocycles. The SMILES string of the molecule is CC(C)(C)Nc1nc(Nc2ccc3c(c2)OCO3)cc(-c2ccccn2)n1. The van der Waals surface area contributed by atoms with Crippen molar-refractivity contribution in [2.75, 3.05) is 17.4 Å². The third kappa shape index (κ3) is 4.08. The van der Waals surface area contributed by atoms with Gasteiger partial charge in [0.05, 0.1) is 11.4 Å². The number of aromatic nitrogens is 3. The molecule has 2 aromatic heterocycles. The van der Waals surface area contributed by atoms with Crippen LogP contribution in [0.1, 0.15) is 20.8 Å². The van der Waals surface area contributed by atoms with Crippen LogP contribution in [0.5, 0.6) is 11.5 Å². The van der Waals surface area contributed by atoms with Gasteiger partial charge in [-0.3, -0.25) is 4.98 Å². The van der Waals surface area contributed by atoms with E-state index in [2.05, 4.69) is 46.4 Å². The van der Waals surface area contributed by atoms with Gasteiger partial charge in [0.1, 0.15) is 5.82 Å². The predicted molar refractivity (Wildman–Crippen MR) is 104 cm³/mol. The molecule has 0 saturated carbocycles. The van der Waals surface area contributed by atoms with Crippen LogP contribution < -0.4 is 20.1 Å². The molecule has 0 radical (unpaired) electrons. The van der Waals surface area contributed by atoms with Crippen molar-refractivity contribution in [3.05, 3.63) is 48.7 Å². The number of pyridine rings is 1. The van der Waals surface area contributed by atoms with Crippen molar-refractivity contribution in [1.29, 1.82) is 0 Å². The fourth-order valence-corrected chi connectivity index (χ4v) is 2.67. The molecule has 3 aromatic rings. The van der Waals surface area contributed by atoms with E-state index >= 15 is 0 Å². The Labute approximate surface area is 157 Å². The quantitative estimate of drug-likeness (QED) is 0.718. The first-order valence-corrected chi connectivity index (χ1v) is 8.72. The molecule has 1 aromatic carbocycles. The molecule has 0 unspecified atom stereocenters. The summed E-state index contributed by atoms with van der Waals surface area (Å²) >= 11 is 0. The Morgan fingerprint density at radius 2 is 1.78 bits per heavy atom. The Kier molecular flexibility index (Phi) is 4.27. The third-order valence-corrected chi connectivity index (χ3v) is 3.79. The lowest BCUT2D eigenvalue weighted by Crippen LogP contribution is -2.27. The fraction of sp³-hybridized carbons (Fsp3) is 0.250. The lowest BCUT2D eigenvalue weighted by molar-refractivity contribution is 0.174. The molecule has 2 N–H and O–H groups in total. The van der Waals surface area contributed by atoms with Crippen molar-refractivity contribution in [2.45, 2.75) is 26.3 Å². The Morgan fingerprint density at radius 1 is 0.926 bits per heavy atom. The molecule has 0 bridgehead atoms. The first-order chi connectivity index (χ1) is 13.0. The monoisotopic (exact) mass is 363 g/mol. The van der Waals surface area contributed by atoms with E-state index < -0.39 is 0 Å². The van der Waals surface area contributed by atoms with Gasteiger partial charge in [0.15, 0.2) is 11.5 Å². The highest BCUT2D eigenvalue weighted by molar-refractivity contribution is 5.67. The highest BCUT2D eigenvalue weighted by atomic mass is 16.7. The average molecular weight is 363 g/mol. The second kappa shape index (κ2) is 6.75. The van der Waals surface area contributed by atoms with Gasteiger partial charge in [-0.25, -0.2) is 4.98 Å². The summed E-state index contributed by atoms with van der Waals surface area (Å²) in [6.45, 7) is 6.44. The highest BCUT2D eigenvalue weighted by Crippen LogP contribution is 2.35. The molecular weight excluding hydrogens is 342 g/mol. The highest BCUT2D eigenvalue weighted by Gasteiger charge is 2.16. The van der Waals surface area contributed by atoms with Crippen LogP contribution >= 0.6 is 0 Å². The molecule has 0 amide bonds. The van der Waals surface area contributed by atoms with Gasteiger partial charge in [-0.05, 0) is 45.0 Å². The zero-order chi connectivity index (χ0) is 18.9. The zero-order valence-corrected chi connectivity index (χ0v) is 15.5. The largest absolute Gasteiger partial charge is 0.454 e. The summed E-state index contributed by atoms with van der Waals surface area (Å²) in [5.41, 5.74) is 2.21. The van der Waals surface area contributed by atoms with E-state index in [1.807, 2.05) is 42.5 Å². The van der Waals surface area contributed by atoms with Crippen LogP contribution in [-0.4, -0.2) is 27.3 Å². The first-order valence-electron chi connectivity index (χ1n) is 8.72. The standard InChI is InChI=1S/C20H21N5O2/c1-20(2,3)25-19-23-15(14-6-4-5-9-21-14)11-18(24-19)22-13-7-8-16-17(10-13)27-12-26-16/h4-11H,12H2,1-3H3,(H2,22,23,24,25). The van der Waals surface area contributed by atoms with Gasteiger partial charge in [-0.15, -0.1) is 0 Å². The Balaban J connectivity index is 1.69. The van der Waals surface area contributed by atoms with Gasteiger partial charge in [0, 0.05) is 29.6 Å². The van der Waals surface area contributed by atoms with Gasteiger partial charge in [0.2, 0.25) is 12.7 Å². The number of nitrogens with zero attached hydrogens (tertiary/aromatic N) is 3. The van der Waals surface area contributed by atoms with Crippen LogP contribution in [0.15, 0.2) is 48.7 Å². The number of ether oxygens (including phenoxy) is 2. The van der Waals surface area contributed by atoms with Crippen LogP contribution in [-0.2, 0) is 0 Å². The number of hydrogen-bond donors (Lipinski definition) is 2. The molecule has 27 heavy (non-hydrogen) atoms. The van der Waals surface area contributed by atoms with Crippen molar-refractivity contribution in [3.8, 4) is 22.9 Å². The van der Waals surface area contributed by atoms with Crippen molar-refractivity contribution in [3.63, 3.8) is 0 Å². The molecule has 3 heterocycles. The van der Waals surface area contributed by atoms with Crippen LogP contribution in [0.3, 0.4) is 0 Å². The van der Waals surface area contributed by atoms with Crippen LogP contribution in [0.4, 0.5) is 17.5 Å². The van der Waals surface area contributed by atoms with Gasteiger partial charge in [-0.1, -0.05) is 6.07 Å². The van der Waals surface area contributed by atoms with Crippen molar-refractivity contribution >= 4 is 17.5 Å². The lowest BCUT2D eigenvalue weighted by atomic mass is 10.1. The number of rotatable bonds is 4. The summed E-state index contributed by atoms with van der Waals surface area (Å²) < 4.78 is 10.8. The van der Waals surface area contributed by atoms with Crippen LogP contribution in [0.25, 0.3) is 11.4 Å². The molecule has 0 saturated heterocycles. The van der Waals surface area contributed by atoms with E-state index in [0.29, 0.717) is 17.5 Å². The molecule has 7 heteroatoms. The van der Waals surface area contributed by atoms with Crippen molar-refractivity contribution in [2.24, 2.45) is 0 Å². The average Bonchev–Trinajstić information content (AvgIpc) is 3.08. The summed E-state index contributed by atoms with van der Waals surface area (Å²) in [5.74, 6) is 2.66. The van der Waals surface area contributed by atoms with E-state index in [-0.39, 0.29) is 12.3 Å². The third-order valence-electron chi connectivity index (χ3n) is 3.79. The minimum atomic E-state index is -0.168. The summed E-state index contributed by atoms with van der Waals surface area (Å²) in [4.78, 5) is 13.6. The molecule has 0 atom stereocenters. The lowest BCUT2D eigenvalue weighted by Gasteiger charge is -2.21. The maximum absolute atomic E-state index is 5.44. The smallest absolute Gasteiger partial charge is 0.231 e. The molecule has 1 aliphatic heterocycles. The second-order valence-electron chi connectivity index (χ2n) is 7.25. The zero-order valence-electron chi connectivity index (χ0n) is 15.5. The molecular formula is C20H21N5O2. The number of hydrogen-bond acceptors (Lipinski definition) is 7. The molecule has 4 rings (SSSR count). The number of benzene rings is 1. The second-order valence-corrected chi connectivity index (χ2v) is 7.25. The van der Waals surface area contributed by atoms with E-state index in [0.717, 1.165) is 22.8 Å². The van der Waals surface area contributed by atoms with E-state index in [4.69, 9.17) is 9.47 Å². The molecule has 7 nitrogen and oxygen atoms in total. The van der Waals surface area contributed by atoms with Gasteiger partial charge >= 0.3 is 0 Å². The Bertz CT molecular complexity index is 954. The maximum Gasteiger partial charge on any atom is 0.231 e. The van der Waals surface area contributed by atoms with Crippen molar-refractivity contribution < 1.29 is 9.47 Å². The summed E-state index contributed by atoms with van der Waals surface area (Å²) in [7, 11) is 0. The number of fused-ring (bicyclic) bond motifs is 1. The van der Waals surface area contributed by atoms with Crippen LogP contribution in [0.2, 0.25) is 0 Å². The molecule has 0 fully saturated rings. The van der Waals surface area contributed by atoms with E-state index in [1.54, 1.807) is 6.20 Å².